The van der Waals surface area contributed by atoms with Crippen molar-refractivity contribution in [2.24, 2.45) is 5.92 Å². The number of carbonyl (C=O) groups excluding carboxylic acids is 1. The summed E-state index contributed by atoms with van der Waals surface area (Å²) in [4.78, 5) is 11.5. The molecular formula is C22H27NO5S. The van der Waals surface area contributed by atoms with E-state index in [-0.39, 0.29) is 23.2 Å². The predicted molar refractivity (Wildman–Crippen MR) is 112 cm³/mol. The SMILES string of the molecule is COC(=O)C/C=C/[C@H](C)[C@@H](NS(=O)(=O)c1ccc(C)cc1)c1ccc(OC)cc1. The van der Waals surface area contributed by atoms with Crippen molar-refractivity contribution in [2.75, 3.05) is 14.2 Å². The zero-order chi connectivity index (χ0) is 21.4. The molecule has 0 aliphatic heterocycles. The lowest BCUT2D eigenvalue weighted by atomic mass is 9.94. The Balaban J connectivity index is 2.32. The second kappa shape index (κ2) is 10.2. The van der Waals surface area contributed by atoms with Crippen LogP contribution in [0.1, 0.15) is 30.5 Å². The molecule has 2 atom stereocenters. The van der Waals surface area contributed by atoms with Crippen LogP contribution in [0.4, 0.5) is 0 Å². The molecule has 0 saturated carbocycles. The van der Waals surface area contributed by atoms with Crippen LogP contribution in [-0.4, -0.2) is 28.6 Å². The maximum atomic E-state index is 12.9. The third-order valence-electron chi connectivity index (χ3n) is 4.57. The number of ether oxygens (including phenoxy) is 2. The number of rotatable bonds is 9. The van der Waals surface area contributed by atoms with Gasteiger partial charge >= 0.3 is 5.97 Å². The van der Waals surface area contributed by atoms with Crippen LogP contribution < -0.4 is 9.46 Å². The molecule has 0 spiro atoms. The summed E-state index contributed by atoms with van der Waals surface area (Å²) >= 11 is 0. The summed E-state index contributed by atoms with van der Waals surface area (Å²) in [6, 6.07) is 13.4. The Morgan fingerprint density at radius 3 is 2.24 bits per heavy atom. The minimum absolute atomic E-state index is 0.126. The van der Waals surface area contributed by atoms with Crippen molar-refractivity contribution in [2.45, 2.75) is 31.2 Å². The van der Waals surface area contributed by atoms with Gasteiger partial charge in [0.2, 0.25) is 10.0 Å². The Morgan fingerprint density at radius 2 is 1.69 bits per heavy atom. The Hall–Kier alpha value is -2.64. The molecule has 0 bridgehead atoms. The lowest BCUT2D eigenvalue weighted by molar-refractivity contribution is -0.139. The summed E-state index contributed by atoms with van der Waals surface area (Å²) in [5.41, 5.74) is 1.77. The van der Waals surface area contributed by atoms with Crippen molar-refractivity contribution in [1.29, 1.82) is 0 Å². The highest BCUT2D eigenvalue weighted by molar-refractivity contribution is 7.89. The van der Waals surface area contributed by atoms with Gasteiger partial charge in [0, 0.05) is 0 Å². The molecule has 0 aromatic heterocycles. The van der Waals surface area contributed by atoms with Crippen LogP contribution in [0, 0.1) is 12.8 Å². The van der Waals surface area contributed by atoms with E-state index in [4.69, 9.17) is 4.74 Å². The van der Waals surface area contributed by atoms with Gasteiger partial charge in [0.05, 0.1) is 31.6 Å². The summed E-state index contributed by atoms with van der Waals surface area (Å²) in [7, 11) is -0.835. The molecule has 6 nitrogen and oxygen atoms in total. The fraction of sp³-hybridized carbons (Fsp3) is 0.318. The molecule has 0 amide bonds. The second-order valence-electron chi connectivity index (χ2n) is 6.75. The van der Waals surface area contributed by atoms with Gasteiger partial charge in [0.1, 0.15) is 5.75 Å². The van der Waals surface area contributed by atoms with E-state index in [9.17, 15) is 13.2 Å². The van der Waals surface area contributed by atoms with Gasteiger partial charge in [-0.1, -0.05) is 48.9 Å². The van der Waals surface area contributed by atoms with Crippen molar-refractivity contribution in [3.8, 4) is 5.75 Å². The Bertz CT molecular complexity index is 934. The molecule has 2 aromatic rings. The van der Waals surface area contributed by atoms with Gasteiger partial charge < -0.3 is 9.47 Å². The third-order valence-corrected chi connectivity index (χ3v) is 6.02. The molecule has 0 aliphatic carbocycles. The van der Waals surface area contributed by atoms with Crippen molar-refractivity contribution < 1.29 is 22.7 Å². The average molecular weight is 418 g/mol. The van der Waals surface area contributed by atoms with E-state index in [0.29, 0.717) is 5.75 Å². The van der Waals surface area contributed by atoms with E-state index in [1.165, 1.54) is 7.11 Å². The molecule has 156 valence electrons. The number of hydrogen-bond donors (Lipinski definition) is 1. The lowest BCUT2D eigenvalue weighted by Crippen LogP contribution is -2.32. The topological polar surface area (TPSA) is 81.7 Å². The van der Waals surface area contributed by atoms with Crippen LogP contribution in [0.2, 0.25) is 0 Å². The number of methoxy groups -OCH3 is 2. The Labute approximate surface area is 172 Å². The second-order valence-corrected chi connectivity index (χ2v) is 8.47. The highest BCUT2D eigenvalue weighted by atomic mass is 32.2. The van der Waals surface area contributed by atoms with Gasteiger partial charge in [-0.15, -0.1) is 0 Å². The Kier molecular flexibility index (Phi) is 7.99. The lowest BCUT2D eigenvalue weighted by Gasteiger charge is -2.24. The monoisotopic (exact) mass is 417 g/mol. The zero-order valence-electron chi connectivity index (χ0n) is 17.1. The zero-order valence-corrected chi connectivity index (χ0v) is 17.9. The molecular weight excluding hydrogens is 390 g/mol. The third kappa shape index (κ3) is 6.44. The number of hydrogen-bond acceptors (Lipinski definition) is 5. The normalized spacial score (nSPS) is 13.8. The highest BCUT2D eigenvalue weighted by Crippen LogP contribution is 2.27. The number of carbonyl (C=O) groups is 1. The van der Waals surface area contributed by atoms with Gasteiger partial charge in [-0.3, -0.25) is 4.79 Å². The van der Waals surface area contributed by atoms with Crippen LogP contribution in [0.15, 0.2) is 65.6 Å². The Morgan fingerprint density at radius 1 is 1.07 bits per heavy atom. The molecule has 2 aromatic carbocycles. The fourth-order valence-electron chi connectivity index (χ4n) is 2.82. The minimum Gasteiger partial charge on any atom is -0.497 e. The number of aryl methyl sites for hydroxylation is 1. The van der Waals surface area contributed by atoms with Crippen molar-refractivity contribution >= 4 is 16.0 Å². The molecule has 7 heteroatoms. The van der Waals surface area contributed by atoms with Crippen LogP contribution >= 0.6 is 0 Å². The van der Waals surface area contributed by atoms with Crippen LogP contribution in [0.25, 0.3) is 0 Å². The first-order valence-electron chi connectivity index (χ1n) is 9.23. The number of sulfonamides is 1. The number of benzene rings is 2. The molecule has 0 unspecified atom stereocenters. The van der Waals surface area contributed by atoms with E-state index in [1.54, 1.807) is 49.6 Å². The van der Waals surface area contributed by atoms with Crippen molar-refractivity contribution in [3.05, 3.63) is 71.8 Å². The molecule has 0 aliphatic rings. The fourth-order valence-corrected chi connectivity index (χ4v) is 4.13. The molecule has 0 heterocycles. The smallest absolute Gasteiger partial charge is 0.309 e. The van der Waals surface area contributed by atoms with Gasteiger partial charge in [-0.2, -0.15) is 0 Å². The van der Waals surface area contributed by atoms with E-state index < -0.39 is 16.1 Å². The molecule has 2 rings (SSSR count). The first-order valence-corrected chi connectivity index (χ1v) is 10.7. The van der Waals surface area contributed by atoms with E-state index in [1.807, 2.05) is 32.1 Å². The van der Waals surface area contributed by atoms with E-state index >= 15 is 0 Å². The standard InChI is InChI=1S/C22H27NO5S/c1-16-8-14-20(15-9-16)29(25,26)23-22(17(2)6-5-7-21(24)28-4)18-10-12-19(27-3)13-11-18/h5-6,8-15,17,22-23H,7H2,1-4H3/b6-5+/t17-,22+/m0/s1. The minimum atomic E-state index is -3.74. The van der Waals surface area contributed by atoms with Crippen LogP contribution in [0.3, 0.4) is 0 Å². The first kappa shape index (κ1) is 22.6. The predicted octanol–water partition coefficient (Wildman–Crippen LogP) is 3.78. The maximum absolute atomic E-state index is 12.9. The van der Waals surface area contributed by atoms with Gasteiger partial charge in [-0.05, 0) is 42.7 Å². The van der Waals surface area contributed by atoms with Crippen molar-refractivity contribution in [1.82, 2.24) is 4.72 Å². The maximum Gasteiger partial charge on any atom is 0.309 e. The highest BCUT2D eigenvalue weighted by Gasteiger charge is 2.25. The number of esters is 1. The van der Waals surface area contributed by atoms with E-state index in [2.05, 4.69) is 9.46 Å². The molecule has 29 heavy (non-hydrogen) atoms. The molecule has 0 radical (unpaired) electrons. The molecule has 0 fully saturated rings. The first-order chi connectivity index (χ1) is 13.8. The van der Waals surface area contributed by atoms with Gasteiger partial charge in [0.15, 0.2) is 0 Å². The summed E-state index contributed by atoms with van der Waals surface area (Å²) < 4.78 is 38.5. The summed E-state index contributed by atoms with van der Waals surface area (Å²) in [6.07, 6.45) is 3.62. The van der Waals surface area contributed by atoms with Gasteiger partial charge in [0.25, 0.3) is 0 Å². The largest absolute Gasteiger partial charge is 0.497 e. The molecule has 0 saturated heterocycles. The van der Waals surface area contributed by atoms with Gasteiger partial charge in [-0.25, -0.2) is 13.1 Å². The summed E-state index contributed by atoms with van der Waals surface area (Å²) in [5, 5.41) is 0. The summed E-state index contributed by atoms with van der Waals surface area (Å²) in [5.74, 6) is 0.116. The average Bonchev–Trinajstić information content (AvgIpc) is 2.72. The van der Waals surface area contributed by atoms with Crippen LogP contribution in [-0.2, 0) is 19.6 Å². The quantitative estimate of drug-likeness (QED) is 0.496. The summed E-state index contributed by atoms with van der Waals surface area (Å²) in [6.45, 7) is 3.79. The van der Waals surface area contributed by atoms with E-state index in [0.717, 1.165) is 11.1 Å². The number of nitrogens with one attached hydrogen (secondary N) is 1. The van der Waals surface area contributed by atoms with Crippen molar-refractivity contribution in [3.63, 3.8) is 0 Å². The molecule has 1 N–H and O–H groups in total. The van der Waals surface area contributed by atoms with Crippen LogP contribution in [0.5, 0.6) is 5.75 Å².